The van der Waals surface area contributed by atoms with Gasteiger partial charge < -0.3 is 20.3 Å². The lowest BCUT2D eigenvalue weighted by Gasteiger charge is -2.33. The van der Waals surface area contributed by atoms with Crippen LogP contribution in [-0.4, -0.2) is 41.5 Å². The van der Waals surface area contributed by atoms with E-state index in [0.717, 1.165) is 21.9 Å². The normalized spacial score (nSPS) is 13.1. The molecule has 2 unspecified atom stereocenters. The van der Waals surface area contributed by atoms with Gasteiger partial charge in [-0.25, -0.2) is 4.79 Å². The van der Waals surface area contributed by atoms with Gasteiger partial charge in [0, 0.05) is 12.7 Å². The molecule has 202 valence electrons. The highest BCUT2D eigenvalue weighted by Crippen LogP contribution is 2.28. The molecule has 0 aliphatic carbocycles. The Bertz CT molecular complexity index is 1330. The van der Waals surface area contributed by atoms with Crippen LogP contribution < -0.4 is 10.6 Å². The van der Waals surface area contributed by atoms with Crippen LogP contribution >= 0.6 is 0 Å². The number of nitrogens with one attached hydrogen (secondary N) is 2. The number of benzene rings is 3. The van der Waals surface area contributed by atoms with Gasteiger partial charge in [0.15, 0.2) is 0 Å². The lowest BCUT2D eigenvalue weighted by atomic mass is 9.95. The Kier molecular flexibility index (Phi) is 8.82. The lowest BCUT2D eigenvalue weighted by molar-refractivity contribution is -0.140. The molecule has 2 atom stereocenters. The SMILES string of the molecule is Cc1ccc(C(C(=O)Nc2ccc3ccccc3c2)N(C)C(=O)C(NC(=O)OC(C)(C)C)C(C)C)c(C)c1. The molecule has 0 saturated heterocycles. The average molecular weight is 518 g/mol. The summed E-state index contributed by atoms with van der Waals surface area (Å²) in [5.41, 5.74) is 2.59. The molecule has 0 radical (unpaired) electrons. The number of aryl methyl sites for hydroxylation is 2. The second-order valence-corrected chi connectivity index (χ2v) is 11.1. The minimum absolute atomic E-state index is 0.235. The van der Waals surface area contributed by atoms with Crippen LogP contribution in [0.25, 0.3) is 10.8 Å². The Morgan fingerprint density at radius 1 is 0.895 bits per heavy atom. The predicted octanol–water partition coefficient (Wildman–Crippen LogP) is 6.14. The summed E-state index contributed by atoms with van der Waals surface area (Å²) in [5, 5.41) is 7.78. The van der Waals surface area contributed by atoms with E-state index in [0.29, 0.717) is 11.3 Å². The maximum absolute atomic E-state index is 13.8. The monoisotopic (exact) mass is 517 g/mol. The largest absolute Gasteiger partial charge is 0.444 e. The van der Waals surface area contributed by atoms with E-state index in [4.69, 9.17) is 4.74 Å². The molecular weight excluding hydrogens is 478 g/mol. The summed E-state index contributed by atoms with van der Waals surface area (Å²) >= 11 is 0. The molecule has 38 heavy (non-hydrogen) atoms. The van der Waals surface area contributed by atoms with Crippen LogP contribution in [0.1, 0.15) is 57.4 Å². The van der Waals surface area contributed by atoms with Crippen LogP contribution in [0.4, 0.5) is 10.5 Å². The quantitative estimate of drug-likeness (QED) is 0.394. The Hall–Kier alpha value is -3.87. The number of ether oxygens (including phenoxy) is 1. The maximum Gasteiger partial charge on any atom is 0.408 e. The molecule has 0 heterocycles. The fraction of sp³-hybridized carbons (Fsp3) is 0.387. The average Bonchev–Trinajstić information content (AvgIpc) is 2.82. The number of fused-ring (bicyclic) bond motifs is 1. The second-order valence-electron chi connectivity index (χ2n) is 11.1. The van der Waals surface area contributed by atoms with Gasteiger partial charge in [-0.3, -0.25) is 9.59 Å². The molecule has 7 heteroatoms. The van der Waals surface area contributed by atoms with Crippen molar-refractivity contribution in [1.82, 2.24) is 10.2 Å². The molecule has 0 aromatic heterocycles. The molecule has 7 nitrogen and oxygen atoms in total. The van der Waals surface area contributed by atoms with Crippen LogP contribution in [-0.2, 0) is 14.3 Å². The van der Waals surface area contributed by atoms with E-state index < -0.39 is 23.8 Å². The number of likely N-dealkylation sites (N-methyl/N-ethyl adjacent to an activating group) is 1. The molecule has 3 rings (SSSR count). The van der Waals surface area contributed by atoms with Gasteiger partial charge in [0.2, 0.25) is 5.91 Å². The Labute approximate surface area is 225 Å². The van der Waals surface area contributed by atoms with E-state index >= 15 is 0 Å². The van der Waals surface area contributed by atoms with Gasteiger partial charge in [0.25, 0.3) is 5.91 Å². The predicted molar refractivity (Wildman–Crippen MR) is 152 cm³/mol. The molecule has 0 saturated carbocycles. The first-order valence-electron chi connectivity index (χ1n) is 12.9. The number of nitrogens with zero attached hydrogens (tertiary/aromatic N) is 1. The van der Waals surface area contributed by atoms with Crippen molar-refractivity contribution in [3.05, 3.63) is 77.4 Å². The summed E-state index contributed by atoms with van der Waals surface area (Å²) in [6.07, 6.45) is -0.679. The third-order valence-corrected chi connectivity index (χ3v) is 6.33. The summed E-state index contributed by atoms with van der Waals surface area (Å²) in [7, 11) is 1.60. The van der Waals surface area contributed by atoms with Gasteiger partial charge in [-0.2, -0.15) is 0 Å². The van der Waals surface area contributed by atoms with Gasteiger partial charge >= 0.3 is 6.09 Å². The number of hydrogen-bond donors (Lipinski definition) is 2. The van der Waals surface area contributed by atoms with E-state index in [1.807, 2.05) is 88.4 Å². The molecule has 0 bridgehead atoms. The fourth-order valence-corrected chi connectivity index (χ4v) is 4.43. The molecule has 0 aliphatic rings. The highest BCUT2D eigenvalue weighted by Gasteiger charge is 2.36. The van der Waals surface area contributed by atoms with Crippen molar-refractivity contribution in [3.8, 4) is 0 Å². The van der Waals surface area contributed by atoms with Gasteiger partial charge in [0.05, 0.1) is 0 Å². The van der Waals surface area contributed by atoms with Crippen molar-refractivity contribution < 1.29 is 19.1 Å². The van der Waals surface area contributed by atoms with Crippen molar-refractivity contribution in [2.45, 2.75) is 66.2 Å². The minimum Gasteiger partial charge on any atom is -0.444 e. The summed E-state index contributed by atoms with van der Waals surface area (Å²) < 4.78 is 5.39. The fourth-order valence-electron chi connectivity index (χ4n) is 4.43. The molecule has 3 amide bonds. The third-order valence-electron chi connectivity index (χ3n) is 6.33. The number of rotatable bonds is 7. The second kappa shape index (κ2) is 11.7. The first kappa shape index (κ1) is 28.7. The summed E-state index contributed by atoms with van der Waals surface area (Å²) in [6.45, 7) is 12.9. The summed E-state index contributed by atoms with van der Waals surface area (Å²) in [4.78, 5) is 41.5. The minimum atomic E-state index is -0.920. The van der Waals surface area contributed by atoms with E-state index in [1.165, 1.54) is 4.90 Å². The van der Waals surface area contributed by atoms with Crippen molar-refractivity contribution >= 4 is 34.4 Å². The topological polar surface area (TPSA) is 87.7 Å². The van der Waals surface area contributed by atoms with Crippen LogP contribution in [0.3, 0.4) is 0 Å². The van der Waals surface area contributed by atoms with Gasteiger partial charge in [-0.15, -0.1) is 0 Å². The van der Waals surface area contributed by atoms with Crippen LogP contribution in [0.2, 0.25) is 0 Å². The zero-order valence-electron chi connectivity index (χ0n) is 23.6. The van der Waals surface area contributed by atoms with E-state index in [9.17, 15) is 14.4 Å². The van der Waals surface area contributed by atoms with Crippen LogP contribution in [0.5, 0.6) is 0 Å². The summed E-state index contributed by atoms with van der Waals surface area (Å²) in [6, 6.07) is 17.6. The Morgan fingerprint density at radius 3 is 2.16 bits per heavy atom. The van der Waals surface area contributed by atoms with E-state index in [1.54, 1.807) is 27.8 Å². The smallest absolute Gasteiger partial charge is 0.408 e. The molecule has 0 aliphatic heterocycles. The van der Waals surface area contributed by atoms with Gasteiger partial charge in [0.1, 0.15) is 17.7 Å². The van der Waals surface area contributed by atoms with Crippen molar-refractivity contribution in [1.29, 1.82) is 0 Å². The van der Waals surface area contributed by atoms with Gasteiger partial charge in [-0.1, -0.05) is 67.9 Å². The highest BCUT2D eigenvalue weighted by molar-refractivity contribution is 6.00. The molecular formula is C31H39N3O4. The first-order chi connectivity index (χ1) is 17.8. The molecule has 3 aromatic rings. The number of carbonyl (C=O) groups is 3. The third kappa shape index (κ3) is 7.12. The Balaban J connectivity index is 1.95. The van der Waals surface area contributed by atoms with Crippen molar-refractivity contribution in [2.75, 3.05) is 12.4 Å². The summed E-state index contributed by atoms with van der Waals surface area (Å²) in [5.74, 6) is -0.965. The molecule has 0 spiro atoms. The maximum atomic E-state index is 13.8. The van der Waals surface area contributed by atoms with Crippen molar-refractivity contribution in [2.24, 2.45) is 5.92 Å². The number of carbonyl (C=O) groups excluding carboxylic acids is 3. The number of amides is 3. The standard InChI is InChI=1S/C31H39N3O4/c1-19(2)26(33-30(37)38-31(5,6)7)29(36)34(8)27(25-16-13-20(3)17-21(25)4)28(35)32-24-15-14-22-11-9-10-12-23(22)18-24/h9-19,26-27H,1-8H3,(H,32,35)(H,33,37). The first-order valence-corrected chi connectivity index (χ1v) is 12.9. The molecule has 0 fully saturated rings. The lowest BCUT2D eigenvalue weighted by Crippen LogP contribution is -2.53. The van der Waals surface area contributed by atoms with Crippen LogP contribution in [0.15, 0.2) is 60.7 Å². The number of hydrogen-bond acceptors (Lipinski definition) is 4. The van der Waals surface area contributed by atoms with E-state index in [-0.39, 0.29) is 17.7 Å². The molecule has 3 aromatic carbocycles. The van der Waals surface area contributed by atoms with E-state index in [2.05, 4.69) is 10.6 Å². The van der Waals surface area contributed by atoms with Gasteiger partial charge in [-0.05, 0) is 74.6 Å². The van der Waals surface area contributed by atoms with Crippen molar-refractivity contribution in [3.63, 3.8) is 0 Å². The van der Waals surface area contributed by atoms with Crippen LogP contribution in [0, 0.1) is 19.8 Å². The number of anilines is 1. The number of alkyl carbamates (subject to hydrolysis) is 1. The highest BCUT2D eigenvalue weighted by atomic mass is 16.6. The zero-order valence-corrected chi connectivity index (χ0v) is 23.6. The molecule has 2 N–H and O–H groups in total. The Morgan fingerprint density at radius 2 is 1.55 bits per heavy atom. The zero-order chi connectivity index (χ0) is 28.2.